The molecule has 102 valence electrons. The van der Waals surface area contributed by atoms with Gasteiger partial charge in [-0.3, -0.25) is 19.7 Å². The molecule has 0 heterocycles. The van der Waals surface area contributed by atoms with Crippen molar-refractivity contribution in [2.24, 2.45) is 0 Å². The van der Waals surface area contributed by atoms with Gasteiger partial charge in [-0.2, -0.15) is 0 Å². The van der Waals surface area contributed by atoms with Gasteiger partial charge < -0.3 is 5.32 Å². The van der Waals surface area contributed by atoms with Crippen LogP contribution in [0.25, 0.3) is 0 Å². The Hall–Kier alpha value is -1.95. The third kappa shape index (κ3) is 3.75. The first-order valence-electron chi connectivity index (χ1n) is 5.65. The lowest BCUT2D eigenvalue weighted by molar-refractivity contribution is -0.384. The van der Waals surface area contributed by atoms with E-state index in [1.54, 1.807) is 6.92 Å². The van der Waals surface area contributed by atoms with E-state index < -0.39 is 10.2 Å². The maximum absolute atomic E-state index is 11.5. The van der Waals surface area contributed by atoms with Crippen LogP contribution in [0.1, 0.15) is 35.7 Å². The Balaban J connectivity index is 3.26. The van der Waals surface area contributed by atoms with Gasteiger partial charge in [0.1, 0.15) is 5.69 Å². The SMILES string of the molecule is CCCC(=O)Nc1c(C)cc(C(=O)Cl)cc1[N+](=O)[O-]. The zero-order valence-corrected chi connectivity index (χ0v) is 11.3. The summed E-state index contributed by atoms with van der Waals surface area (Å²) in [7, 11) is 0. The number of aryl methyl sites for hydroxylation is 1. The van der Waals surface area contributed by atoms with E-state index in [9.17, 15) is 19.7 Å². The maximum atomic E-state index is 11.5. The summed E-state index contributed by atoms with van der Waals surface area (Å²) in [5, 5.41) is 12.7. The second-order valence-corrected chi connectivity index (χ2v) is 4.36. The van der Waals surface area contributed by atoms with Crippen molar-refractivity contribution >= 4 is 34.1 Å². The second-order valence-electron chi connectivity index (χ2n) is 4.02. The van der Waals surface area contributed by atoms with Crippen molar-refractivity contribution in [1.82, 2.24) is 0 Å². The number of benzene rings is 1. The average molecular weight is 285 g/mol. The van der Waals surface area contributed by atoms with Gasteiger partial charge in [-0.15, -0.1) is 0 Å². The number of nitro benzene ring substituents is 1. The predicted octanol–water partition coefficient (Wildman–Crippen LogP) is 3.02. The molecular formula is C12H13ClN2O4. The Bertz CT molecular complexity index is 543. The summed E-state index contributed by atoms with van der Waals surface area (Å²) in [6.07, 6.45) is 0.906. The van der Waals surface area contributed by atoms with Crippen LogP contribution in [0.15, 0.2) is 12.1 Å². The molecule has 6 nitrogen and oxygen atoms in total. The number of hydrogen-bond acceptors (Lipinski definition) is 4. The third-order valence-electron chi connectivity index (χ3n) is 2.48. The lowest BCUT2D eigenvalue weighted by Gasteiger charge is -2.09. The van der Waals surface area contributed by atoms with Gasteiger partial charge in [-0.1, -0.05) is 6.92 Å². The lowest BCUT2D eigenvalue weighted by Crippen LogP contribution is -2.13. The van der Waals surface area contributed by atoms with Crippen LogP contribution in [-0.4, -0.2) is 16.1 Å². The molecule has 0 aliphatic rings. The van der Waals surface area contributed by atoms with Crippen molar-refractivity contribution in [2.45, 2.75) is 26.7 Å². The van der Waals surface area contributed by atoms with Crippen LogP contribution in [0, 0.1) is 17.0 Å². The topological polar surface area (TPSA) is 89.3 Å². The number of hydrogen-bond donors (Lipinski definition) is 1. The summed E-state index contributed by atoms with van der Waals surface area (Å²) in [4.78, 5) is 32.9. The number of amides is 1. The van der Waals surface area contributed by atoms with Crippen LogP contribution in [0.5, 0.6) is 0 Å². The molecule has 1 N–H and O–H groups in total. The summed E-state index contributed by atoms with van der Waals surface area (Å²) in [6.45, 7) is 3.40. The van der Waals surface area contributed by atoms with E-state index >= 15 is 0 Å². The predicted molar refractivity (Wildman–Crippen MR) is 71.6 cm³/mol. The van der Waals surface area contributed by atoms with E-state index in [4.69, 9.17) is 11.6 Å². The first-order chi connectivity index (χ1) is 8.86. The van der Waals surface area contributed by atoms with Crippen LogP contribution in [0.2, 0.25) is 0 Å². The smallest absolute Gasteiger partial charge is 0.293 e. The number of carbonyl (C=O) groups is 2. The monoisotopic (exact) mass is 284 g/mol. The minimum atomic E-state index is -0.780. The van der Waals surface area contributed by atoms with Crippen LogP contribution >= 0.6 is 11.6 Å². The number of anilines is 1. The van der Waals surface area contributed by atoms with E-state index in [0.717, 1.165) is 6.07 Å². The van der Waals surface area contributed by atoms with Crippen LogP contribution in [-0.2, 0) is 4.79 Å². The average Bonchev–Trinajstić information content (AvgIpc) is 2.31. The van der Waals surface area contributed by atoms with E-state index in [2.05, 4.69) is 5.32 Å². The molecular weight excluding hydrogens is 272 g/mol. The highest BCUT2D eigenvalue weighted by molar-refractivity contribution is 6.67. The molecule has 0 radical (unpaired) electrons. The molecule has 0 aromatic heterocycles. The molecule has 19 heavy (non-hydrogen) atoms. The molecule has 0 fully saturated rings. The van der Waals surface area contributed by atoms with Gasteiger partial charge in [-0.05, 0) is 36.6 Å². The van der Waals surface area contributed by atoms with E-state index in [1.807, 2.05) is 6.92 Å². The molecule has 1 amide bonds. The second kappa shape index (κ2) is 6.29. The molecule has 1 rings (SSSR count). The molecule has 0 unspecified atom stereocenters. The molecule has 1 aromatic carbocycles. The van der Waals surface area contributed by atoms with Gasteiger partial charge in [-0.25, -0.2) is 0 Å². The first kappa shape index (κ1) is 15.1. The van der Waals surface area contributed by atoms with Crippen LogP contribution in [0.3, 0.4) is 0 Å². The van der Waals surface area contributed by atoms with Crippen molar-refractivity contribution in [2.75, 3.05) is 5.32 Å². The quantitative estimate of drug-likeness (QED) is 0.511. The van der Waals surface area contributed by atoms with Crippen molar-refractivity contribution in [3.8, 4) is 0 Å². The number of rotatable bonds is 5. The highest BCUT2D eigenvalue weighted by atomic mass is 35.5. The Labute approximate surface area is 114 Å². The Kier molecular flexibility index (Phi) is 5.00. The van der Waals surface area contributed by atoms with Crippen molar-refractivity contribution < 1.29 is 14.5 Å². The van der Waals surface area contributed by atoms with Crippen molar-refractivity contribution in [1.29, 1.82) is 0 Å². The van der Waals surface area contributed by atoms with Gasteiger partial charge in [0, 0.05) is 18.1 Å². The van der Waals surface area contributed by atoms with E-state index in [0.29, 0.717) is 12.0 Å². The van der Waals surface area contributed by atoms with Crippen molar-refractivity contribution in [3.05, 3.63) is 33.4 Å². The zero-order chi connectivity index (χ0) is 14.6. The Morgan fingerprint density at radius 3 is 2.53 bits per heavy atom. The van der Waals surface area contributed by atoms with Crippen molar-refractivity contribution in [3.63, 3.8) is 0 Å². The van der Waals surface area contributed by atoms with Gasteiger partial charge >= 0.3 is 0 Å². The molecule has 0 saturated carbocycles. The van der Waals surface area contributed by atoms with Crippen LogP contribution < -0.4 is 5.32 Å². The maximum Gasteiger partial charge on any atom is 0.293 e. The van der Waals surface area contributed by atoms with Gasteiger partial charge in [0.05, 0.1) is 4.92 Å². The van der Waals surface area contributed by atoms with Crippen LogP contribution in [0.4, 0.5) is 11.4 Å². The Morgan fingerprint density at radius 1 is 1.42 bits per heavy atom. The molecule has 1 aromatic rings. The highest BCUT2D eigenvalue weighted by Gasteiger charge is 2.21. The molecule has 0 aliphatic carbocycles. The van der Waals surface area contributed by atoms with E-state index in [-0.39, 0.29) is 29.3 Å². The molecule has 7 heteroatoms. The Morgan fingerprint density at radius 2 is 2.05 bits per heavy atom. The van der Waals surface area contributed by atoms with Gasteiger partial charge in [0.25, 0.3) is 10.9 Å². The molecule has 0 atom stereocenters. The third-order valence-corrected chi connectivity index (χ3v) is 2.70. The lowest BCUT2D eigenvalue weighted by atomic mass is 10.1. The molecule has 0 bridgehead atoms. The number of nitro groups is 1. The fourth-order valence-corrected chi connectivity index (χ4v) is 1.73. The fourth-order valence-electron chi connectivity index (χ4n) is 1.62. The largest absolute Gasteiger partial charge is 0.320 e. The summed E-state index contributed by atoms with van der Waals surface area (Å²) < 4.78 is 0. The molecule has 0 aliphatic heterocycles. The van der Waals surface area contributed by atoms with Gasteiger partial charge in [0.15, 0.2) is 0 Å². The molecule has 0 spiro atoms. The number of carbonyl (C=O) groups excluding carboxylic acids is 2. The summed E-state index contributed by atoms with van der Waals surface area (Å²) in [5.41, 5.74) is 0.209. The standard InChI is InChI=1S/C12H13ClN2O4/c1-3-4-10(16)14-11-7(2)5-8(12(13)17)6-9(11)15(18)19/h5-6H,3-4H2,1-2H3,(H,14,16). The number of nitrogens with zero attached hydrogens (tertiary/aromatic N) is 1. The summed E-state index contributed by atoms with van der Waals surface area (Å²) >= 11 is 5.31. The summed E-state index contributed by atoms with van der Waals surface area (Å²) in [5.74, 6) is -0.307. The minimum absolute atomic E-state index is 0.0272. The normalized spacial score (nSPS) is 10.1. The fraction of sp³-hybridized carbons (Fsp3) is 0.333. The number of halogens is 1. The summed E-state index contributed by atoms with van der Waals surface area (Å²) in [6, 6.07) is 2.47. The zero-order valence-electron chi connectivity index (χ0n) is 10.5. The minimum Gasteiger partial charge on any atom is -0.320 e. The first-order valence-corrected chi connectivity index (χ1v) is 6.03. The van der Waals surface area contributed by atoms with Gasteiger partial charge in [0.2, 0.25) is 5.91 Å². The highest BCUT2D eigenvalue weighted by Crippen LogP contribution is 2.30. The molecule has 0 saturated heterocycles. The van der Waals surface area contributed by atoms with E-state index in [1.165, 1.54) is 6.07 Å². The number of nitrogens with one attached hydrogen (secondary N) is 1.